The van der Waals surface area contributed by atoms with E-state index < -0.39 is 0 Å². The van der Waals surface area contributed by atoms with Gasteiger partial charge in [0, 0.05) is 25.3 Å². The van der Waals surface area contributed by atoms with Crippen LogP contribution in [0.2, 0.25) is 0 Å². The van der Waals surface area contributed by atoms with Crippen molar-refractivity contribution in [2.24, 2.45) is 5.92 Å². The van der Waals surface area contributed by atoms with E-state index in [9.17, 15) is 0 Å². The molecular weight excluding hydrogens is 328 g/mol. The molecule has 1 N–H and O–H groups in total. The van der Waals surface area contributed by atoms with E-state index >= 15 is 0 Å². The van der Waals surface area contributed by atoms with Gasteiger partial charge in [0.25, 0.3) is 0 Å². The normalized spacial score (nSPS) is 16.6. The van der Waals surface area contributed by atoms with Gasteiger partial charge in [-0.2, -0.15) is 0 Å². The third-order valence-electron chi connectivity index (χ3n) is 6.12. The fourth-order valence-electron chi connectivity index (χ4n) is 4.69. The summed E-state index contributed by atoms with van der Waals surface area (Å²) in [6.07, 6.45) is 10.7. The van der Waals surface area contributed by atoms with E-state index in [-0.39, 0.29) is 0 Å². The SMILES string of the molecule is CC(CC1CCCCC1)NCc1cccc2ccn(Cc3ccccc3)c12. The van der Waals surface area contributed by atoms with Crippen molar-refractivity contribution in [3.63, 3.8) is 0 Å². The highest BCUT2D eigenvalue weighted by atomic mass is 15.0. The first-order valence-corrected chi connectivity index (χ1v) is 10.6. The highest BCUT2D eigenvalue weighted by Gasteiger charge is 2.16. The number of benzene rings is 2. The van der Waals surface area contributed by atoms with E-state index in [1.54, 1.807) is 0 Å². The second-order valence-electron chi connectivity index (χ2n) is 8.31. The number of nitrogens with zero attached hydrogens (tertiary/aromatic N) is 1. The summed E-state index contributed by atoms with van der Waals surface area (Å²) in [5.41, 5.74) is 4.13. The Kier molecular flexibility index (Phi) is 5.94. The van der Waals surface area contributed by atoms with E-state index in [2.05, 4.69) is 77.6 Å². The fourth-order valence-corrected chi connectivity index (χ4v) is 4.69. The summed E-state index contributed by atoms with van der Waals surface area (Å²) in [6, 6.07) is 20.3. The second-order valence-corrected chi connectivity index (χ2v) is 8.31. The summed E-state index contributed by atoms with van der Waals surface area (Å²) < 4.78 is 2.40. The lowest BCUT2D eigenvalue weighted by atomic mass is 9.85. The third-order valence-corrected chi connectivity index (χ3v) is 6.12. The lowest BCUT2D eigenvalue weighted by molar-refractivity contribution is 0.305. The van der Waals surface area contributed by atoms with Gasteiger partial charge in [-0.05, 0) is 41.8 Å². The number of aromatic nitrogens is 1. The molecule has 2 heteroatoms. The van der Waals surface area contributed by atoms with Crippen LogP contribution in [0.5, 0.6) is 0 Å². The molecule has 1 unspecified atom stereocenters. The molecule has 0 spiro atoms. The van der Waals surface area contributed by atoms with Crippen LogP contribution < -0.4 is 5.32 Å². The van der Waals surface area contributed by atoms with Gasteiger partial charge in [-0.15, -0.1) is 0 Å². The number of hydrogen-bond donors (Lipinski definition) is 1. The van der Waals surface area contributed by atoms with Crippen LogP contribution >= 0.6 is 0 Å². The van der Waals surface area contributed by atoms with Crippen molar-refractivity contribution >= 4 is 10.9 Å². The first-order chi connectivity index (χ1) is 13.3. The summed E-state index contributed by atoms with van der Waals surface area (Å²) in [5, 5.41) is 5.14. The molecule has 0 radical (unpaired) electrons. The molecule has 1 atom stereocenters. The Morgan fingerprint density at radius 3 is 2.59 bits per heavy atom. The molecule has 1 saturated carbocycles. The van der Waals surface area contributed by atoms with E-state index in [0.717, 1.165) is 19.0 Å². The first kappa shape index (κ1) is 18.3. The molecule has 1 fully saturated rings. The van der Waals surface area contributed by atoms with Crippen LogP contribution in [-0.2, 0) is 13.1 Å². The third kappa shape index (κ3) is 4.62. The first-order valence-electron chi connectivity index (χ1n) is 10.6. The van der Waals surface area contributed by atoms with Crippen LogP contribution in [0, 0.1) is 5.92 Å². The van der Waals surface area contributed by atoms with Gasteiger partial charge in [0.05, 0.1) is 5.52 Å². The highest BCUT2D eigenvalue weighted by Crippen LogP contribution is 2.27. The number of hydrogen-bond acceptors (Lipinski definition) is 1. The van der Waals surface area contributed by atoms with Gasteiger partial charge in [-0.3, -0.25) is 0 Å². The monoisotopic (exact) mass is 360 g/mol. The van der Waals surface area contributed by atoms with Gasteiger partial charge < -0.3 is 9.88 Å². The molecule has 27 heavy (non-hydrogen) atoms. The zero-order valence-electron chi connectivity index (χ0n) is 16.5. The summed E-state index contributed by atoms with van der Waals surface area (Å²) in [6.45, 7) is 4.24. The Morgan fingerprint density at radius 1 is 0.963 bits per heavy atom. The molecule has 4 rings (SSSR count). The van der Waals surface area contributed by atoms with Crippen molar-refractivity contribution in [3.8, 4) is 0 Å². The Bertz CT molecular complexity index is 843. The Morgan fingerprint density at radius 2 is 1.78 bits per heavy atom. The minimum atomic E-state index is 0.584. The highest BCUT2D eigenvalue weighted by molar-refractivity contribution is 5.83. The minimum Gasteiger partial charge on any atom is -0.343 e. The van der Waals surface area contributed by atoms with Crippen molar-refractivity contribution in [2.45, 2.75) is 64.6 Å². The average molecular weight is 361 g/mol. The van der Waals surface area contributed by atoms with Crippen LogP contribution in [0.3, 0.4) is 0 Å². The zero-order chi connectivity index (χ0) is 18.5. The lowest BCUT2D eigenvalue weighted by Gasteiger charge is -2.25. The number of nitrogens with one attached hydrogen (secondary N) is 1. The fraction of sp³-hybridized carbons (Fsp3) is 0.440. The maximum absolute atomic E-state index is 3.81. The van der Waals surface area contributed by atoms with Gasteiger partial charge >= 0.3 is 0 Å². The molecular formula is C25H32N2. The predicted octanol–water partition coefficient (Wildman–Crippen LogP) is 6.14. The maximum atomic E-state index is 3.81. The quantitative estimate of drug-likeness (QED) is 0.535. The molecule has 1 aliphatic rings. The summed E-state index contributed by atoms with van der Waals surface area (Å²) >= 11 is 0. The van der Waals surface area contributed by atoms with Crippen LogP contribution in [0.25, 0.3) is 10.9 Å². The van der Waals surface area contributed by atoms with Crippen LogP contribution in [0.4, 0.5) is 0 Å². The summed E-state index contributed by atoms with van der Waals surface area (Å²) in [4.78, 5) is 0. The van der Waals surface area contributed by atoms with Crippen molar-refractivity contribution in [3.05, 3.63) is 71.9 Å². The predicted molar refractivity (Wildman–Crippen MR) is 115 cm³/mol. The van der Waals surface area contributed by atoms with Gasteiger partial charge in [0.15, 0.2) is 0 Å². The molecule has 0 bridgehead atoms. The Hall–Kier alpha value is -2.06. The van der Waals surface area contributed by atoms with Crippen LogP contribution in [0.1, 0.15) is 56.6 Å². The smallest absolute Gasteiger partial charge is 0.0529 e. The standard InChI is InChI=1S/C25H32N2/c1-20(17-21-9-4-2-5-10-21)26-18-24-14-8-13-23-15-16-27(25(23)24)19-22-11-6-3-7-12-22/h3,6-8,11-16,20-21,26H,2,4-5,9-10,17-19H2,1H3. The van der Waals surface area contributed by atoms with Crippen LogP contribution in [-0.4, -0.2) is 10.6 Å². The number of fused-ring (bicyclic) bond motifs is 1. The van der Waals surface area contributed by atoms with E-state index in [1.807, 2.05) is 0 Å². The van der Waals surface area contributed by atoms with Crippen LogP contribution in [0.15, 0.2) is 60.8 Å². The van der Waals surface area contributed by atoms with Crippen molar-refractivity contribution in [1.29, 1.82) is 0 Å². The van der Waals surface area contributed by atoms with Gasteiger partial charge in [0.2, 0.25) is 0 Å². The molecule has 0 aliphatic heterocycles. The van der Waals surface area contributed by atoms with Gasteiger partial charge in [0.1, 0.15) is 0 Å². The number of rotatable bonds is 7. The van der Waals surface area contributed by atoms with Gasteiger partial charge in [-0.1, -0.05) is 80.6 Å². The molecule has 0 saturated heterocycles. The zero-order valence-corrected chi connectivity index (χ0v) is 16.5. The van der Waals surface area contributed by atoms with Crippen molar-refractivity contribution < 1.29 is 0 Å². The lowest BCUT2D eigenvalue weighted by Crippen LogP contribution is -2.28. The average Bonchev–Trinajstić information content (AvgIpc) is 3.11. The Balaban J connectivity index is 1.45. The molecule has 142 valence electrons. The molecule has 1 aromatic heterocycles. The molecule has 2 aromatic carbocycles. The van der Waals surface area contributed by atoms with E-state index in [1.165, 1.54) is 60.6 Å². The largest absolute Gasteiger partial charge is 0.343 e. The topological polar surface area (TPSA) is 17.0 Å². The number of para-hydroxylation sites is 1. The summed E-state index contributed by atoms with van der Waals surface area (Å²) in [7, 11) is 0. The van der Waals surface area contributed by atoms with Crippen molar-refractivity contribution in [2.75, 3.05) is 0 Å². The summed E-state index contributed by atoms with van der Waals surface area (Å²) in [5.74, 6) is 0.930. The van der Waals surface area contributed by atoms with E-state index in [0.29, 0.717) is 6.04 Å². The minimum absolute atomic E-state index is 0.584. The maximum Gasteiger partial charge on any atom is 0.0529 e. The second kappa shape index (κ2) is 8.75. The van der Waals surface area contributed by atoms with Crippen molar-refractivity contribution in [1.82, 2.24) is 9.88 Å². The van der Waals surface area contributed by atoms with Gasteiger partial charge in [-0.25, -0.2) is 0 Å². The van der Waals surface area contributed by atoms with E-state index in [4.69, 9.17) is 0 Å². The molecule has 1 heterocycles. The molecule has 1 aliphatic carbocycles. The molecule has 3 aromatic rings. The Labute approximate surface area is 163 Å². The molecule has 0 amide bonds. The molecule has 2 nitrogen and oxygen atoms in total.